The van der Waals surface area contributed by atoms with E-state index in [1.165, 1.54) is 0 Å². The van der Waals surface area contributed by atoms with Crippen LogP contribution in [0.3, 0.4) is 0 Å². The zero-order valence-electron chi connectivity index (χ0n) is 19.0. The highest BCUT2D eigenvalue weighted by Crippen LogP contribution is 2.29. The van der Waals surface area contributed by atoms with Crippen LogP contribution in [0.2, 0.25) is 0 Å². The van der Waals surface area contributed by atoms with Gasteiger partial charge in [0.1, 0.15) is 5.82 Å². The molecule has 1 atom stereocenters. The van der Waals surface area contributed by atoms with Gasteiger partial charge in [-0.25, -0.2) is 15.1 Å². The number of hydrogen-bond acceptors (Lipinski definition) is 7. The molecule has 12 heteroatoms. The van der Waals surface area contributed by atoms with E-state index >= 15 is 0 Å². The summed E-state index contributed by atoms with van der Waals surface area (Å²) in [5.74, 6) is 1.03. The quantitative estimate of drug-likeness (QED) is 0.703. The van der Waals surface area contributed by atoms with Crippen LogP contribution in [-0.4, -0.2) is 69.7 Å². The number of nitrogens with zero attached hydrogens (tertiary/aromatic N) is 6. The third kappa shape index (κ3) is 5.48. The molecule has 0 aliphatic carbocycles. The Morgan fingerprint density at radius 1 is 1.12 bits per heavy atom. The van der Waals surface area contributed by atoms with Gasteiger partial charge in [-0.2, -0.15) is 18.3 Å². The first-order chi connectivity index (χ1) is 16.2. The maximum atomic E-state index is 12.9. The Hall–Kier alpha value is -3.18. The number of nitrogens with one attached hydrogen (secondary N) is 1. The third-order valence-corrected chi connectivity index (χ3v) is 6.47. The highest BCUT2D eigenvalue weighted by molar-refractivity contribution is 5.76. The molecule has 0 saturated carbocycles. The molecule has 34 heavy (non-hydrogen) atoms. The van der Waals surface area contributed by atoms with Crippen LogP contribution in [0.15, 0.2) is 23.3 Å². The summed E-state index contributed by atoms with van der Waals surface area (Å²) in [5.41, 5.74) is -0.470. The fourth-order valence-corrected chi connectivity index (χ4v) is 4.47. The number of amides is 1. The van der Waals surface area contributed by atoms with Crippen molar-refractivity contribution in [1.29, 1.82) is 0 Å². The molecule has 0 radical (unpaired) electrons. The molecule has 2 aliphatic heterocycles. The van der Waals surface area contributed by atoms with Crippen LogP contribution in [0, 0.1) is 6.92 Å². The highest BCUT2D eigenvalue weighted by atomic mass is 19.4. The summed E-state index contributed by atoms with van der Waals surface area (Å²) in [7, 11) is 0. The van der Waals surface area contributed by atoms with Crippen molar-refractivity contribution >= 4 is 17.7 Å². The first-order valence-electron chi connectivity index (χ1n) is 11.5. The summed E-state index contributed by atoms with van der Waals surface area (Å²) in [5, 5.41) is 6.74. The maximum Gasteiger partial charge on any atom is 0.419 e. The number of anilines is 2. The summed E-state index contributed by atoms with van der Waals surface area (Å²) >= 11 is 0. The van der Waals surface area contributed by atoms with Gasteiger partial charge in [-0.05, 0) is 38.7 Å². The normalized spacial score (nSPS) is 19.4. The minimum Gasteiger partial charge on any atom is -0.352 e. The van der Waals surface area contributed by atoms with Crippen LogP contribution in [0.4, 0.5) is 24.9 Å². The Bertz CT molecular complexity index is 1050. The smallest absolute Gasteiger partial charge is 0.352 e. The van der Waals surface area contributed by atoms with Crippen molar-refractivity contribution in [2.24, 2.45) is 0 Å². The number of H-pyrrole nitrogens is 1. The first kappa shape index (κ1) is 24.0. The molecule has 2 aliphatic rings. The molecule has 0 aromatic carbocycles. The number of rotatable bonds is 5. The van der Waals surface area contributed by atoms with Crippen molar-refractivity contribution < 1.29 is 18.0 Å². The Morgan fingerprint density at radius 2 is 1.82 bits per heavy atom. The van der Waals surface area contributed by atoms with E-state index in [1.807, 2.05) is 0 Å². The number of piperidine rings is 1. The van der Waals surface area contributed by atoms with E-state index < -0.39 is 11.7 Å². The molecule has 1 N–H and O–H groups in total. The molecule has 4 rings (SSSR count). The molecule has 4 heterocycles. The number of carbonyl (C=O) groups excluding carboxylic acids is 1. The van der Waals surface area contributed by atoms with Crippen molar-refractivity contribution in [1.82, 2.24) is 25.1 Å². The van der Waals surface area contributed by atoms with E-state index in [4.69, 9.17) is 0 Å². The lowest BCUT2D eigenvalue weighted by Crippen LogP contribution is -2.49. The van der Waals surface area contributed by atoms with E-state index in [0.717, 1.165) is 44.0 Å². The van der Waals surface area contributed by atoms with Crippen molar-refractivity contribution in [2.45, 2.75) is 51.2 Å². The zero-order valence-corrected chi connectivity index (χ0v) is 19.0. The fraction of sp³-hybridized carbons (Fsp3) is 0.591. The van der Waals surface area contributed by atoms with Crippen molar-refractivity contribution in [3.63, 3.8) is 0 Å². The van der Waals surface area contributed by atoms with Crippen molar-refractivity contribution in [2.75, 3.05) is 42.5 Å². The van der Waals surface area contributed by atoms with Crippen LogP contribution in [0.5, 0.6) is 0 Å². The number of aromatic amines is 1. The summed E-state index contributed by atoms with van der Waals surface area (Å²) in [4.78, 5) is 37.9. The Morgan fingerprint density at radius 3 is 2.47 bits per heavy atom. The fourth-order valence-electron chi connectivity index (χ4n) is 4.47. The predicted octanol–water partition coefficient (Wildman–Crippen LogP) is 2.38. The Balaban J connectivity index is 1.29. The number of aryl methyl sites for hydroxylation is 1. The largest absolute Gasteiger partial charge is 0.419 e. The number of aromatic nitrogens is 4. The molecule has 1 amide bonds. The third-order valence-electron chi connectivity index (χ3n) is 6.47. The molecular weight excluding hydrogens is 451 g/mol. The van der Waals surface area contributed by atoms with Gasteiger partial charge in [0, 0.05) is 63.1 Å². The second-order valence-electron chi connectivity index (χ2n) is 8.76. The molecule has 2 aromatic heterocycles. The van der Waals surface area contributed by atoms with Crippen LogP contribution in [-0.2, 0) is 11.0 Å². The van der Waals surface area contributed by atoms with E-state index in [2.05, 4.69) is 25.1 Å². The van der Waals surface area contributed by atoms with E-state index in [-0.39, 0.29) is 23.5 Å². The van der Waals surface area contributed by atoms with E-state index in [1.54, 1.807) is 22.8 Å². The lowest BCUT2D eigenvalue weighted by atomic mass is 9.97. The molecule has 184 valence electrons. The number of piperazine rings is 1. The van der Waals surface area contributed by atoms with Crippen LogP contribution in [0.25, 0.3) is 0 Å². The summed E-state index contributed by atoms with van der Waals surface area (Å²) in [6.07, 6.45) is 1.29. The van der Waals surface area contributed by atoms with Crippen LogP contribution < -0.4 is 15.4 Å². The van der Waals surface area contributed by atoms with Gasteiger partial charge in [0.05, 0.1) is 5.56 Å². The lowest BCUT2D eigenvalue weighted by molar-refractivity contribution is -0.138. The van der Waals surface area contributed by atoms with Gasteiger partial charge in [0.15, 0.2) is 0 Å². The SMILES string of the molecule is Cc1cc(N2CCCC[C@@H]2CCC(=O)N2CCN(c3ncc(C(F)(F)F)cn3)CC2)n[nH]c1=O. The Kier molecular flexibility index (Phi) is 7.03. The monoisotopic (exact) mass is 479 g/mol. The Labute approximate surface area is 195 Å². The summed E-state index contributed by atoms with van der Waals surface area (Å²) in [6.45, 7) is 4.46. The number of carbonyl (C=O) groups is 1. The number of hydrogen-bond donors (Lipinski definition) is 1. The van der Waals surface area contributed by atoms with Crippen molar-refractivity contribution in [3.8, 4) is 0 Å². The molecule has 0 spiro atoms. The molecular formula is C22H28F3N7O2. The van der Waals surface area contributed by atoms with E-state index in [9.17, 15) is 22.8 Å². The zero-order chi connectivity index (χ0) is 24.3. The molecule has 0 unspecified atom stereocenters. The molecule has 2 fully saturated rings. The predicted molar refractivity (Wildman–Crippen MR) is 120 cm³/mol. The van der Waals surface area contributed by atoms with Gasteiger partial charge < -0.3 is 14.7 Å². The van der Waals surface area contributed by atoms with Gasteiger partial charge in [0.2, 0.25) is 11.9 Å². The molecule has 9 nitrogen and oxygen atoms in total. The van der Waals surface area contributed by atoms with Gasteiger partial charge >= 0.3 is 6.18 Å². The molecule has 2 aromatic rings. The topological polar surface area (TPSA) is 98.3 Å². The van der Waals surface area contributed by atoms with Crippen LogP contribution in [0.1, 0.15) is 43.2 Å². The highest BCUT2D eigenvalue weighted by Gasteiger charge is 2.32. The van der Waals surface area contributed by atoms with Gasteiger partial charge in [-0.1, -0.05) is 0 Å². The molecule has 0 bridgehead atoms. The average Bonchev–Trinajstić information content (AvgIpc) is 2.84. The van der Waals surface area contributed by atoms with Gasteiger partial charge in [-0.3, -0.25) is 9.59 Å². The second-order valence-corrected chi connectivity index (χ2v) is 8.76. The minimum atomic E-state index is -4.47. The second kappa shape index (κ2) is 9.98. The van der Waals surface area contributed by atoms with Crippen molar-refractivity contribution in [3.05, 3.63) is 39.9 Å². The first-order valence-corrected chi connectivity index (χ1v) is 11.5. The maximum absolute atomic E-state index is 12.9. The number of alkyl halides is 3. The van der Waals surface area contributed by atoms with Crippen LogP contribution >= 0.6 is 0 Å². The van der Waals surface area contributed by atoms with E-state index in [0.29, 0.717) is 44.6 Å². The average molecular weight is 480 g/mol. The standard InChI is InChI=1S/C22H28F3N7O2/c1-15-12-18(28-29-20(15)34)32-7-3-2-4-17(32)5-6-19(33)30-8-10-31(11-9-30)21-26-13-16(14-27-21)22(23,24)25/h12-14,17H,2-11H2,1H3,(H,29,34)/t17-/m1/s1. The lowest BCUT2D eigenvalue weighted by Gasteiger charge is -2.38. The van der Waals surface area contributed by atoms with Gasteiger partial charge in [0.25, 0.3) is 5.56 Å². The van der Waals surface area contributed by atoms with Gasteiger partial charge in [-0.15, -0.1) is 0 Å². The molecule has 2 saturated heterocycles. The summed E-state index contributed by atoms with van der Waals surface area (Å²) < 4.78 is 38.1. The summed E-state index contributed by atoms with van der Waals surface area (Å²) in [6, 6.07) is 1.97. The number of halogens is 3. The minimum absolute atomic E-state index is 0.0594.